The number of rotatable bonds is 4. The lowest BCUT2D eigenvalue weighted by Gasteiger charge is -2.01. The van der Waals surface area contributed by atoms with Crippen LogP contribution in [-0.4, -0.2) is 26.0 Å². The fourth-order valence-electron chi connectivity index (χ4n) is 0.428. The van der Waals surface area contributed by atoms with E-state index in [4.69, 9.17) is 0 Å². The minimum Gasteiger partial charge on any atom is -0.355 e. The van der Waals surface area contributed by atoms with Gasteiger partial charge >= 0.3 is 0 Å². The zero-order valence-corrected chi connectivity index (χ0v) is 5.82. The third-order valence-electron chi connectivity index (χ3n) is 0.800. The van der Waals surface area contributed by atoms with Crippen molar-refractivity contribution in [1.29, 1.82) is 0 Å². The molecule has 1 amide bonds. The molecule has 0 aliphatic heterocycles. The fourth-order valence-corrected chi connectivity index (χ4v) is 0.428. The number of carbonyl (C=O) groups excluding carboxylic acids is 1. The monoisotopic (exact) mass is 131 g/mol. The molecule has 0 fully saturated rings. The van der Waals surface area contributed by atoms with Gasteiger partial charge in [-0.3, -0.25) is 10.2 Å². The van der Waals surface area contributed by atoms with Gasteiger partial charge in [-0.15, -0.1) is 0 Å². The quantitative estimate of drug-likeness (QED) is 0.422. The predicted octanol–water partition coefficient (Wildman–Crippen LogP) is -1.15. The summed E-state index contributed by atoms with van der Waals surface area (Å²) >= 11 is 0. The summed E-state index contributed by atoms with van der Waals surface area (Å²) in [5.41, 5.74) is 5.32. The summed E-state index contributed by atoms with van der Waals surface area (Å²) in [5, 5.41) is 2.64. The largest absolute Gasteiger partial charge is 0.355 e. The third-order valence-corrected chi connectivity index (χ3v) is 0.800. The molecule has 0 saturated carbocycles. The average Bonchev–Trinajstić information content (AvgIpc) is 1.85. The molecule has 4 nitrogen and oxygen atoms in total. The van der Waals surface area contributed by atoms with Crippen LogP contribution < -0.4 is 16.2 Å². The topological polar surface area (TPSA) is 53.2 Å². The number of nitrogens with one attached hydrogen (secondary N) is 3. The van der Waals surface area contributed by atoms with Crippen LogP contribution in [0.4, 0.5) is 0 Å². The van der Waals surface area contributed by atoms with Crippen LogP contribution in [0.25, 0.3) is 0 Å². The molecule has 0 unspecified atom stereocenters. The van der Waals surface area contributed by atoms with E-state index >= 15 is 0 Å². The summed E-state index contributed by atoms with van der Waals surface area (Å²) in [5.74, 6) is 0.00634. The number of amides is 1. The van der Waals surface area contributed by atoms with Gasteiger partial charge in [-0.2, -0.15) is 0 Å². The highest BCUT2D eigenvalue weighted by Gasteiger charge is 1.93. The van der Waals surface area contributed by atoms with E-state index in [0.29, 0.717) is 13.1 Å². The summed E-state index contributed by atoms with van der Waals surface area (Å²) in [6, 6.07) is 0. The third kappa shape index (κ3) is 5.26. The highest BCUT2D eigenvalue weighted by atomic mass is 16.2. The minimum atomic E-state index is 0.00634. The second-order valence-corrected chi connectivity index (χ2v) is 1.56. The highest BCUT2D eigenvalue weighted by molar-refractivity contribution is 5.77. The van der Waals surface area contributed by atoms with Gasteiger partial charge in [0.2, 0.25) is 5.91 Å². The second-order valence-electron chi connectivity index (χ2n) is 1.56. The average molecular weight is 131 g/mol. The Kier molecular flexibility index (Phi) is 5.15. The van der Waals surface area contributed by atoms with Crippen LogP contribution in [-0.2, 0) is 4.79 Å². The van der Waals surface area contributed by atoms with Crippen LogP contribution >= 0.6 is 0 Å². The molecule has 0 rings (SSSR count). The van der Waals surface area contributed by atoms with Gasteiger partial charge in [0.05, 0.1) is 6.54 Å². The van der Waals surface area contributed by atoms with E-state index < -0.39 is 0 Å². The molecule has 3 N–H and O–H groups in total. The Balaban J connectivity index is 3.06. The van der Waals surface area contributed by atoms with Crippen molar-refractivity contribution in [3.8, 4) is 0 Å². The van der Waals surface area contributed by atoms with E-state index in [1.807, 2.05) is 6.92 Å². The van der Waals surface area contributed by atoms with Gasteiger partial charge in [0.15, 0.2) is 0 Å². The number of hydrazine groups is 1. The Hall–Kier alpha value is -0.610. The lowest BCUT2D eigenvalue weighted by molar-refractivity contribution is -0.120. The summed E-state index contributed by atoms with van der Waals surface area (Å²) in [6.07, 6.45) is 0. The number of hydrogen-bond donors (Lipinski definition) is 3. The first kappa shape index (κ1) is 8.39. The van der Waals surface area contributed by atoms with Crippen LogP contribution in [0.3, 0.4) is 0 Å². The van der Waals surface area contributed by atoms with Crippen molar-refractivity contribution in [3.63, 3.8) is 0 Å². The molecule has 0 spiro atoms. The molecule has 0 atom stereocenters. The molecule has 0 radical (unpaired) electrons. The first-order valence-corrected chi connectivity index (χ1v) is 2.97. The minimum absolute atomic E-state index is 0.00634. The zero-order chi connectivity index (χ0) is 7.11. The van der Waals surface area contributed by atoms with Crippen molar-refractivity contribution >= 4 is 5.91 Å². The second kappa shape index (κ2) is 5.53. The molecular formula is C5H13N3O. The Labute approximate surface area is 55.0 Å². The summed E-state index contributed by atoms with van der Waals surface area (Å²) in [4.78, 5) is 10.6. The normalized spacial score (nSPS) is 9.11. The van der Waals surface area contributed by atoms with E-state index in [2.05, 4.69) is 16.2 Å². The Morgan fingerprint density at radius 2 is 2.22 bits per heavy atom. The van der Waals surface area contributed by atoms with Crippen molar-refractivity contribution < 1.29 is 4.79 Å². The molecule has 0 heterocycles. The summed E-state index contributed by atoms with van der Waals surface area (Å²) in [6.45, 7) is 2.89. The Bertz CT molecular complexity index is 84.3. The smallest absolute Gasteiger partial charge is 0.235 e. The Morgan fingerprint density at radius 3 is 2.67 bits per heavy atom. The SMILES string of the molecule is CCNC(=O)CNNC. The van der Waals surface area contributed by atoms with E-state index in [-0.39, 0.29) is 5.91 Å². The maximum absolute atomic E-state index is 10.6. The fraction of sp³-hybridized carbons (Fsp3) is 0.800. The van der Waals surface area contributed by atoms with Gasteiger partial charge in [0.1, 0.15) is 0 Å². The lowest BCUT2D eigenvalue weighted by Crippen LogP contribution is -2.38. The van der Waals surface area contributed by atoms with Crippen molar-refractivity contribution in [1.82, 2.24) is 16.2 Å². The van der Waals surface area contributed by atoms with Crippen LogP contribution in [0.15, 0.2) is 0 Å². The Morgan fingerprint density at radius 1 is 1.56 bits per heavy atom. The van der Waals surface area contributed by atoms with Crippen LogP contribution in [0, 0.1) is 0 Å². The number of hydrogen-bond acceptors (Lipinski definition) is 3. The van der Waals surface area contributed by atoms with Crippen molar-refractivity contribution in [2.24, 2.45) is 0 Å². The van der Waals surface area contributed by atoms with Crippen molar-refractivity contribution in [2.75, 3.05) is 20.1 Å². The standard InChI is InChI=1S/C5H13N3O/c1-3-7-5(9)4-8-6-2/h6,8H,3-4H2,1-2H3,(H,7,9). The first-order valence-electron chi connectivity index (χ1n) is 2.97. The van der Waals surface area contributed by atoms with Crippen molar-refractivity contribution in [2.45, 2.75) is 6.92 Å². The molecule has 0 aromatic heterocycles. The first-order chi connectivity index (χ1) is 4.31. The van der Waals surface area contributed by atoms with Crippen LogP contribution in [0.2, 0.25) is 0 Å². The zero-order valence-electron chi connectivity index (χ0n) is 5.82. The molecule has 4 heteroatoms. The maximum Gasteiger partial charge on any atom is 0.235 e. The molecular weight excluding hydrogens is 118 g/mol. The van der Waals surface area contributed by atoms with Crippen LogP contribution in [0.5, 0.6) is 0 Å². The molecule has 0 saturated heterocycles. The summed E-state index contributed by atoms with van der Waals surface area (Å²) < 4.78 is 0. The molecule has 54 valence electrons. The molecule has 0 bridgehead atoms. The van der Waals surface area contributed by atoms with Gasteiger partial charge in [-0.05, 0) is 14.0 Å². The molecule has 0 aromatic rings. The number of carbonyl (C=O) groups is 1. The van der Waals surface area contributed by atoms with Crippen molar-refractivity contribution in [3.05, 3.63) is 0 Å². The molecule has 0 aliphatic rings. The van der Waals surface area contributed by atoms with Gasteiger partial charge in [0.25, 0.3) is 0 Å². The molecule has 9 heavy (non-hydrogen) atoms. The maximum atomic E-state index is 10.6. The van der Waals surface area contributed by atoms with Gasteiger partial charge in [-0.25, -0.2) is 5.43 Å². The van der Waals surface area contributed by atoms with E-state index in [0.717, 1.165) is 0 Å². The predicted molar refractivity (Wildman–Crippen MR) is 35.7 cm³/mol. The highest BCUT2D eigenvalue weighted by Crippen LogP contribution is 1.58. The van der Waals surface area contributed by atoms with E-state index in [1.54, 1.807) is 7.05 Å². The van der Waals surface area contributed by atoms with Gasteiger partial charge in [-0.1, -0.05) is 0 Å². The van der Waals surface area contributed by atoms with E-state index in [9.17, 15) is 4.79 Å². The van der Waals surface area contributed by atoms with Crippen LogP contribution in [0.1, 0.15) is 6.92 Å². The van der Waals surface area contributed by atoms with Gasteiger partial charge in [0, 0.05) is 6.54 Å². The van der Waals surface area contributed by atoms with E-state index in [1.165, 1.54) is 0 Å². The number of likely N-dealkylation sites (N-methyl/N-ethyl adjacent to an activating group) is 1. The summed E-state index contributed by atoms with van der Waals surface area (Å²) in [7, 11) is 1.72. The molecule has 0 aromatic carbocycles. The molecule has 0 aliphatic carbocycles. The lowest BCUT2D eigenvalue weighted by atomic mass is 10.6. The van der Waals surface area contributed by atoms with Gasteiger partial charge < -0.3 is 5.32 Å².